The SMILES string of the molecule is CCc1nc2ccc(Br)cc2c(=O)n1N=Cc1cc(Cl)c(OCc2ccccc2F)c(Cl)c1. The Morgan fingerprint density at radius 1 is 1.15 bits per heavy atom. The van der Waals surface area contributed by atoms with E-state index in [0.29, 0.717) is 34.3 Å². The molecule has 0 aliphatic carbocycles. The molecule has 0 saturated carbocycles. The predicted molar refractivity (Wildman–Crippen MR) is 133 cm³/mol. The maximum Gasteiger partial charge on any atom is 0.282 e. The minimum Gasteiger partial charge on any atom is -0.486 e. The molecule has 4 aromatic rings. The second-order valence-corrected chi connectivity index (χ2v) is 8.83. The van der Waals surface area contributed by atoms with Gasteiger partial charge < -0.3 is 4.74 Å². The molecule has 1 aromatic heterocycles. The zero-order valence-electron chi connectivity index (χ0n) is 17.4. The van der Waals surface area contributed by atoms with Crippen molar-refractivity contribution in [2.75, 3.05) is 0 Å². The molecule has 4 rings (SSSR count). The Labute approximate surface area is 207 Å². The summed E-state index contributed by atoms with van der Waals surface area (Å²) in [6, 6.07) is 14.8. The molecule has 5 nitrogen and oxygen atoms in total. The van der Waals surface area contributed by atoms with Gasteiger partial charge in [0.1, 0.15) is 18.2 Å². The fourth-order valence-electron chi connectivity index (χ4n) is 3.22. The van der Waals surface area contributed by atoms with Gasteiger partial charge in [0.05, 0.1) is 27.2 Å². The van der Waals surface area contributed by atoms with Crippen LogP contribution in [0.15, 0.2) is 69.0 Å². The van der Waals surface area contributed by atoms with Crippen molar-refractivity contribution < 1.29 is 9.13 Å². The number of ether oxygens (including phenoxy) is 1. The van der Waals surface area contributed by atoms with Crippen molar-refractivity contribution in [3.8, 4) is 5.75 Å². The number of nitrogens with zero attached hydrogens (tertiary/aromatic N) is 3. The maximum atomic E-state index is 13.8. The summed E-state index contributed by atoms with van der Waals surface area (Å²) in [5.41, 5.74) is 1.27. The molecule has 3 aromatic carbocycles. The van der Waals surface area contributed by atoms with Crippen molar-refractivity contribution in [2.45, 2.75) is 20.0 Å². The summed E-state index contributed by atoms with van der Waals surface area (Å²) < 4.78 is 21.5. The van der Waals surface area contributed by atoms with E-state index in [0.717, 1.165) is 4.47 Å². The second kappa shape index (κ2) is 10.0. The highest BCUT2D eigenvalue weighted by Gasteiger charge is 2.12. The second-order valence-electron chi connectivity index (χ2n) is 7.10. The predicted octanol–water partition coefficient (Wildman–Crippen LogP) is 6.63. The molecule has 0 unspecified atom stereocenters. The minimum absolute atomic E-state index is 0.0207. The van der Waals surface area contributed by atoms with E-state index < -0.39 is 0 Å². The minimum atomic E-state index is -0.373. The molecule has 33 heavy (non-hydrogen) atoms. The van der Waals surface area contributed by atoms with Crippen molar-refractivity contribution in [1.29, 1.82) is 0 Å². The molecule has 0 fully saturated rings. The lowest BCUT2D eigenvalue weighted by Gasteiger charge is -2.11. The van der Waals surface area contributed by atoms with Crippen LogP contribution in [0, 0.1) is 5.82 Å². The molecule has 0 bridgehead atoms. The van der Waals surface area contributed by atoms with E-state index in [1.54, 1.807) is 42.5 Å². The van der Waals surface area contributed by atoms with E-state index in [1.165, 1.54) is 17.0 Å². The highest BCUT2D eigenvalue weighted by molar-refractivity contribution is 9.10. The number of rotatable bonds is 6. The van der Waals surface area contributed by atoms with Gasteiger partial charge in [-0.2, -0.15) is 9.78 Å². The first-order valence-corrected chi connectivity index (χ1v) is 11.5. The molecule has 9 heteroatoms. The Hall–Kier alpha value is -2.74. The van der Waals surface area contributed by atoms with E-state index in [-0.39, 0.29) is 33.8 Å². The van der Waals surface area contributed by atoms with Crippen LogP contribution in [-0.2, 0) is 13.0 Å². The van der Waals surface area contributed by atoms with E-state index in [1.807, 2.05) is 13.0 Å². The number of hydrogen-bond acceptors (Lipinski definition) is 4. The average molecular weight is 549 g/mol. The van der Waals surface area contributed by atoms with Gasteiger partial charge >= 0.3 is 0 Å². The largest absolute Gasteiger partial charge is 0.486 e. The summed E-state index contributed by atoms with van der Waals surface area (Å²) in [7, 11) is 0. The highest BCUT2D eigenvalue weighted by atomic mass is 79.9. The first-order chi connectivity index (χ1) is 15.9. The van der Waals surface area contributed by atoms with Gasteiger partial charge in [-0.25, -0.2) is 9.37 Å². The van der Waals surface area contributed by atoms with Gasteiger partial charge in [0.2, 0.25) is 0 Å². The summed E-state index contributed by atoms with van der Waals surface area (Å²) in [6.45, 7) is 1.88. The van der Waals surface area contributed by atoms with Crippen LogP contribution in [0.1, 0.15) is 23.9 Å². The van der Waals surface area contributed by atoms with Crippen LogP contribution < -0.4 is 10.3 Å². The van der Waals surface area contributed by atoms with Crippen LogP contribution in [0.2, 0.25) is 10.0 Å². The van der Waals surface area contributed by atoms with E-state index in [9.17, 15) is 9.18 Å². The van der Waals surface area contributed by atoms with Crippen LogP contribution in [0.25, 0.3) is 10.9 Å². The van der Waals surface area contributed by atoms with Crippen molar-refractivity contribution in [2.24, 2.45) is 5.10 Å². The van der Waals surface area contributed by atoms with E-state index >= 15 is 0 Å². The lowest BCUT2D eigenvalue weighted by molar-refractivity contribution is 0.300. The summed E-state index contributed by atoms with van der Waals surface area (Å²) in [5.74, 6) is 0.386. The zero-order valence-corrected chi connectivity index (χ0v) is 20.5. The number of hydrogen-bond donors (Lipinski definition) is 0. The van der Waals surface area contributed by atoms with E-state index in [2.05, 4.69) is 26.0 Å². The Kier molecular flexibility index (Phi) is 7.12. The fourth-order valence-corrected chi connectivity index (χ4v) is 4.20. The van der Waals surface area contributed by atoms with Gasteiger partial charge in [-0.3, -0.25) is 4.79 Å². The molecule has 0 radical (unpaired) electrons. The third-order valence-corrected chi connectivity index (χ3v) is 5.92. The molecular formula is C24H17BrCl2FN3O2. The van der Waals surface area contributed by atoms with Gasteiger partial charge in [0, 0.05) is 16.5 Å². The molecule has 0 aliphatic heterocycles. The average Bonchev–Trinajstić information content (AvgIpc) is 2.79. The van der Waals surface area contributed by atoms with Crippen LogP contribution in [0.5, 0.6) is 5.75 Å². The molecular weight excluding hydrogens is 532 g/mol. The number of aryl methyl sites for hydroxylation is 1. The van der Waals surface area contributed by atoms with Gasteiger partial charge in [0.15, 0.2) is 5.75 Å². The number of fused-ring (bicyclic) bond motifs is 1. The van der Waals surface area contributed by atoms with Crippen LogP contribution in [0.3, 0.4) is 0 Å². The molecule has 1 heterocycles. The van der Waals surface area contributed by atoms with Gasteiger partial charge in [0.25, 0.3) is 5.56 Å². The molecule has 0 amide bonds. The highest BCUT2D eigenvalue weighted by Crippen LogP contribution is 2.34. The third kappa shape index (κ3) is 5.11. The summed E-state index contributed by atoms with van der Waals surface area (Å²) in [5, 5.41) is 5.27. The molecule has 168 valence electrons. The molecule has 0 aliphatic rings. The molecule has 0 atom stereocenters. The maximum absolute atomic E-state index is 13.8. The molecule has 0 spiro atoms. The van der Waals surface area contributed by atoms with Gasteiger partial charge in [-0.05, 0) is 42.0 Å². The fraction of sp³-hybridized carbons (Fsp3) is 0.125. The van der Waals surface area contributed by atoms with E-state index in [4.69, 9.17) is 27.9 Å². The number of benzene rings is 3. The summed E-state index contributed by atoms with van der Waals surface area (Å²) in [6.07, 6.45) is 1.99. The summed E-state index contributed by atoms with van der Waals surface area (Å²) in [4.78, 5) is 17.5. The zero-order chi connectivity index (χ0) is 23.5. The summed E-state index contributed by atoms with van der Waals surface area (Å²) >= 11 is 16.1. The van der Waals surface area contributed by atoms with Crippen LogP contribution in [0.4, 0.5) is 4.39 Å². The lowest BCUT2D eigenvalue weighted by Crippen LogP contribution is -2.22. The van der Waals surface area contributed by atoms with Crippen LogP contribution >= 0.6 is 39.1 Å². The third-order valence-electron chi connectivity index (χ3n) is 4.86. The Bertz CT molecular complexity index is 1420. The molecule has 0 saturated heterocycles. The van der Waals surface area contributed by atoms with Crippen LogP contribution in [-0.4, -0.2) is 15.9 Å². The standard InChI is InChI=1S/C24H17BrCl2FN3O2/c1-2-22-30-21-8-7-16(25)11-17(21)24(32)31(22)29-12-14-9-18(26)23(19(27)10-14)33-13-15-5-3-4-6-20(15)28/h3-12H,2,13H2,1H3. The first-order valence-electron chi connectivity index (χ1n) is 9.98. The van der Waals surface area contributed by atoms with Crippen molar-refractivity contribution >= 4 is 56.2 Å². The number of aromatic nitrogens is 2. The lowest BCUT2D eigenvalue weighted by atomic mass is 10.2. The van der Waals surface area contributed by atoms with Gasteiger partial charge in [-0.1, -0.05) is 64.3 Å². The molecule has 0 N–H and O–H groups in total. The van der Waals surface area contributed by atoms with Crippen molar-refractivity contribution in [3.63, 3.8) is 0 Å². The Morgan fingerprint density at radius 3 is 2.58 bits per heavy atom. The quantitative estimate of drug-likeness (QED) is 0.254. The van der Waals surface area contributed by atoms with Crippen molar-refractivity contribution in [1.82, 2.24) is 9.66 Å². The number of halogens is 4. The van der Waals surface area contributed by atoms with Gasteiger partial charge in [-0.15, -0.1) is 0 Å². The normalized spacial score (nSPS) is 11.4. The smallest absolute Gasteiger partial charge is 0.282 e. The topological polar surface area (TPSA) is 56.5 Å². The Balaban J connectivity index is 1.64. The monoisotopic (exact) mass is 547 g/mol. The van der Waals surface area contributed by atoms with Crippen molar-refractivity contribution in [3.05, 3.63) is 102 Å². The Morgan fingerprint density at radius 2 is 1.88 bits per heavy atom. The first kappa shape index (κ1) is 23.4.